The zero-order valence-electron chi connectivity index (χ0n) is 9.92. The van der Waals surface area contributed by atoms with Crippen molar-refractivity contribution < 1.29 is 18.6 Å². The molecule has 0 radical (unpaired) electrons. The van der Waals surface area contributed by atoms with Crippen LogP contribution in [0.1, 0.15) is 6.92 Å². The molecule has 1 aromatic rings. The van der Waals surface area contributed by atoms with Crippen molar-refractivity contribution in [1.29, 1.82) is 0 Å². The molecule has 0 unspecified atom stereocenters. The molecule has 7 nitrogen and oxygen atoms in total. The molecule has 18 heavy (non-hydrogen) atoms. The largest absolute Gasteiger partial charge is 0.397 e. The number of primary sulfonamides is 1. The number of aliphatic hydroxyl groups excluding tert-OH is 2. The molecule has 102 valence electrons. The van der Waals surface area contributed by atoms with Crippen LogP contribution in [-0.2, 0) is 10.0 Å². The molecule has 0 amide bonds. The zero-order chi connectivity index (χ0) is 14.0. The van der Waals surface area contributed by atoms with Gasteiger partial charge in [0.1, 0.15) is 0 Å². The monoisotopic (exact) mass is 275 g/mol. The molecule has 0 saturated carbocycles. The Morgan fingerprint density at radius 3 is 2.28 bits per heavy atom. The highest BCUT2D eigenvalue weighted by atomic mass is 32.2. The minimum atomic E-state index is -3.80. The summed E-state index contributed by atoms with van der Waals surface area (Å²) in [6.45, 7) is 0.986. The van der Waals surface area contributed by atoms with Crippen LogP contribution in [-0.4, -0.2) is 37.4 Å². The Bertz CT molecular complexity index is 526. The van der Waals surface area contributed by atoms with Crippen LogP contribution in [0.25, 0.3) is 0 Å². The molecule has 0 atom stereocenters. The van der Waals surface area contributed by atoms with E-state index in [4.69, 9.17) is 21.1 Å². The van der Waals surface area contributed by atoms with E-state index < -0.39 is 15.6 Å². The molecule has 0 aliphatic rings. The topological polar surface area (TPSA) is 139 Å². The van der Waals surface area contributed by atoms with E-state index in [0.29, 0.717) is 5.69 Å². The minimum Gasteiger partial charge on any atom is -0.397 e. The highest BCUT2D eigenvalue weighted by Gasteiger charge is 2.23. The average molecular weight is 275 g/mol. The quantitative estimate of drug-likeness (QED) is 0.440. The number of sulfonamides is 1. The molecular formula is C10H17N3O4S. The van der Waals surface area contributed by atoms with E-state index in [1.165, 1.54) is 18.2 Å². The molecule has 0 aliphatic carbocycles. The van der Waals surface area contributed by atoms with E-state index in [9.17, 15) is 8.42 Å². The summed E-state index contributed by atoms with van der Waals surface area (Å²) in [6, 6.07) is 3.94. The van der Waals surface area contributed by atoms with Crippen molar-refractivity contribution in [1.82, 2.24) is 0 Å². The number of aliphatic hydroxyl groups is 2. The molecule has 7 N–H and O–H groups in total. The first-order valence-electron chi connectivity index (χ1n) is 5.14. The van der Waals surface area contributed by atoms with Crippen molar-refractivity contribution in [3.05, 3.63) is 18.2 Å². The summed E-state index contributed by atoms with van der Waals surface area (Å²) in [7, 11) is -3.80. The van der Waals surface area contributed by atoms with E-state index >= 15 is 0 Å². The molecule has 0 spiro atoms. The summed E-state index contributed by atoms with van der Waals surface area (Å²) >= 11 is 0. The molecule has 1 aromatic carbocycles. The van der Waals surface area contributed by atoms with Crippen LogP contribution in [0.2, 0.25) is 0 Å². The maximum atomic E-state index is 11.1. The van der Waals surface area contributed by atoms with Crippen LogP contribution in [0.4, 0.5) is 11.4 Å². The van der Waals surface area contributed by atoms with Gasteiger partial charge in [0.05, 0.1) is 35.0 Å². The van der Waals surface area contributed by atoms with Gasteiger partial charge in [-0.2, -0.15) is 0 Å². The van der Waals surface area contributed by atoms with Gasteiger partial charge in [0.25, 0.3) is 0 Å². The van der Waals surface area contributed by atoms with Crippen molar-refractivity contribution in [2.45, 2.75) is 17.4 Å². The van der Waals surface area contributed by atoms with Gasteiger partial charge < -0.3 is 21.3 Å². The van der Waals surface area contributed by atoms with Gasteiger partial charge in [-0.25, -0.2) is 13.6 Å². The lowest BCUT2D eigenvalue weighted by molar-refractivity contribution is 0.147. The third-order valence-corrected chi connectivity index (χ3v) is 3.40. The summed E-state index contributed by atoms with van der Waals surface area (Å²) in [6.07, 6.45) is 0. The van der Waals surface area contributed by atoms with Crippen LogP contribution in [0.15, 0.2) is 23.1 Å². The van der Waals surface area contributed by atoms with Gasteiger partial charge in [0, 0.05) is 0 Å². The van der Waals surface area contributed by atoms with Crippen molar-refractivity contribution >= 4 is 21.4 Å². The summed E-state index contributed by atoms with van der Waals surface area (Å²) in [4.78, 5) is -0.0970. The molecule has 0 fully saturated rings. The molecule has 8 heteroatoms. The van der Waals surface area contributed by atoms with Crippen molar-refractivity contribution in [3.63, 3.8) is 0 Å². The molecule has 0 heterocycles. The van der Waals surface area contributed by atoms with Crippen LogP contribution in [0.3, 0.4) is 0 Å². The number of anilines is 2. The smallest absolute Gasteiger partial charge is 0.238 e. The number of rotatable bonds is 5. The van der Waals surface area contributed by atoms with Gasteiger partial charge >= 0.3 is 0 Å². The first-order chi connectivity index (χ1) is 8.22. The summed E-state index contributed by atoms with van der Waals surface area (Å²) in [5.41, 5.74) is 5.31. The number of hydrogen-bond acceptors (Lipinski definition) is 6. The lowest BCUT2D eigenvalue weighted by Crippen LogP contribution is -2.42. The van der Waals surface area contributed by atoms with Gasteiger partial charge in [-0.05, 0) is 25.1 Å². The van der Waals surface area contributed by atoms with Gasteiger partial charge in [-0.1, -0.05) is 0 Å². The first-order valence-corrected chi connectivity index (χ1v) is 6.69. The number of nitrogens with one attached hydrogen (secondary N) is 1. The SMILES string of the molecule is CC(CO)(CO)Nc1ccc(S(N)(=O)=O)cc1N. The molecule has 1 rings (SSSR count). The Morgan fingerprint density at radius 2 is 1.89 bits per heavy atom. The Labute approximate surface area is 105 Å². The van der Waals surface area contributed by atoms with E-state index in [1.807, 2.05) is 0 Å². The maximum absolute atomic E-state index is 11.1. The van der Waals surface area contributed by atoms with E-state index in [1.54, 1.807) is 6.92 Å². The molecule has 0 aliphatic heterocycles. The second kappa shape index (κ2) is 5.11. The first kappa shape index (κ1) is 14.7. The maximum Gasteiger partial charge on any atom is 0.238 e. The van der Waals surface area contributed by atoms with Crippen LogP contribution in [0.5, 0.6) is 0 Å². The number of benzene rings is 1. The molecule has 0 aromatic heterocycles. The van der Waals surface area contributed by atoms with E-state index in [0.717, 1.165) is 0 Å². The number of hydrogen-bond donors (Lipinski definition) is 5. The Kier molecular flexibility index (Phi) is 4.17. The van der Waals surface area contributed by atoms with E-state index in [-0.39, 0.29) is 23.8 Å². The van der Waals surface area contributed by atoms with Gasteiger partial charge in [0.2, 0.25) is 10.0 Å². The van der Waals surface area contributed by atoms with Gasteiger partial charge in [-0.3, -0.25) is 0 Å². The van der Waals surface area contributed by atoms with E-state index in [2.05, 4.69) is 5.32 Å². The summed E-state index contributed by atoms with van der Waals surface area (Å²) < 4.78 is 22.2. The minimum absolute atomic E-state index is 0.0970. The number of nitrogen functional groups attached to an aromatic ring is 1. The van der Waals surface area contributed by atoms with Crippen molar-refractivity contribution in [2.24, 2.45) is 5.14 Å². The standard InChI is InChI=1S/C10H17N3O4S/c1-10(5-14,6-15)13-9-3-2-7(4-8(9)11)18(12,16)17/h2-4,13-15H,5-6,11H2,1H3,(H2,12,16,17). The highest BCUT2D eigenvalue weighted by molar-refractivity contribution is 7.89. The lowest BCUT2D eigenvalue weighted by atomic mass is 10.0. The highest BCUT2D eigenvalue weighted by Crippen LogP contribution is 2.24. The molecule has 0 saturated heterocycles. The molecular weight excluding hydrogens is 258 g/mol. The predicted octanol–water partition coefficient (Wildman–Crippen LogP) is -0.929. The predicted molar refractivity (Wildman–Crippen MR) is 68.4 cm³/mol. The van der Waals surface area contributed by atoms with Crippen LogP contribution < -0.4 is 16.2 Å². The fourth-order valence-electron chi connectivity index (χ4n) is 1.29. The Hall–Kier alpha value is -1.35. The van der Waals surface area contributed by atoms with Gasteiger partial charge in [0.15, 0.2) is 0 Å². The fourth-order valence-corrected chi connectivity index (χ4v) is 1.83. The average Bonchev–Trinajstić information content (AvgIpc) is 2.30. The van der Waals surface area contributed by atoms with Crippen molar-refractivity contribution in [3.8, 4) is 0 Å². The van der Waals surface area contributed by atoms with Crippen LogP contribution in [0, 0.1) is 0 Å². The third kappa shape index (κ3) is 3.33. The summed E-state index contributed by atoms with van der Waals surface area (Å²) in [5, 5.41) is 26.1. The Balaban J connectivity index is 3.08. The fraction of sp³-hybridized carbons (Fsp3) is 0.400. The second-order valence-electron chi connectivity index (χ2n) is 4.30. The van der Waals surface area contributed by atoms with Crippen molar-refractivity contribution in [2.75, 3.05) is 24.3 Å². The lowest BCUT2D eigenvalue weighted by Gasteiger charge is -2.28. The van der Waals surface area contributed by atoms with Gasteiger partial charge in [-0.15, -0.1) is 0 Å². The zero-order valence-corrected chi connectivity index (χ0v) is 10.7. The normalized spacial score (nSPS) is 12.4. The Morgan fingerprint density at radius 1 is 1.33 bits per heavy atom. The number of nitrogens with two attached hydrogens (primary N) is 2. The third-order valence-electron chi connectivity index (χ3n) is 2.49. The summed E-state index contributed by atoms with van der Waals surface area (Å²) in [5.74, 6) is 0. The van der Waals surface area contributed by atoms with Crippen LogP contribution >= 0.6 is 0 Å². The second-order valence-corrected chi connectivity index (χ2v) is 5.86. The molecule has 0 bridgehead atoms.